The Kier molecular flexibility index (Phi) is 5.13. The fourth-order valence-corrected chi connectivity index (χ4v) is 3.37. The monoisotopic (exact) mass is 404 g/mol. The molecule has 0 aromatic heterocycles. The van der Waals surface area contributed by atoms with Crippen molar-refractivity contribution in [1.82, 2.24) is 4.90 Å². The van der Waals surface area contributed by atoms with Gasteiger partial charge in [-0.05, 0) is 42.8 Å². The van der Waals surface area contributed by atoms with Gasteiger partial charge in [0, 0.05) is 17.8 Å². The summed E-state index contributed by atoms with van der Waals surface area (Å²) in [6, 6.07) is 11.8. The number of nitrogens with two attached hydrogens (primary N) is 1. The molecule has 2 aromatic carbocycles. The van der Waals surface area contributed by atoms with Crippen LogP contribution in [0.25, 0.3) is 0 Å². The first-order valence-corrected chi connectivity index (χ1v) is 8.94. The highest BCUT2D eigenvalue weighted by atomic mass is 35.5. The largest absolute Gasteiger partial charge is 0.369 e. The van der Waals surface area contributed by atoms with Gasteiger partial charge in [-0.2, -0.15) is 0 Å². The molecule has 140 valence electrons. The van der Waals surface area contributed by atoms with Crippen molar-refractivity contribution in [2.45, 2.75) is 18.9 Å². The highest BCUT2D eigenvalue weighted by Crippen LogP contribution is 2.34. The van der Waals surface area contributed by atoms with Crippen molar-refractivity contribution in [3.8, 4) is 0 Å². The molecule has 27 heavy (non-hydrogen) atoms. The number of carbonyl (C=O) groups is 2. The molecule has 0 bridgehead atoms. The zero-order valence-corrected chi connectivity index (χ0v) is 16.3. The number of benzene rings is 2. The zero-order chi connectivity index (χ0) is 19.8. The van der Waals surface area contributed by atoms with E-state index in [1.165, 1.54) is 11.0 Å². The number of rotatable bonds is 3. The zero-order valence-electron chi connectivity index (χ0n) is 14.8. The number of nitrogens with zero attached hydrogens (tertiary/aromatic N) is 2. The summed E-state index contributed by atoms with van der Waals surface area (Å²) >= 11 is 12.0. The number of carbonyl (C=O) groups excluding carboxylic acids is 2. The van der Waals surface area contributed by atoms with Crippen molar-refractivity contribution in [2.24, 2.45) is 10.7 Å². The second-order valence-corrected chi connectivity index (χ2v) is 7.38. The molecule has 3 N–H and O–H groups in total. The maximum atomic E-state index is 12.5. The predicted molar refractivity (Wildman–Crippen MR) is 107 cm³/mol. The van der Waals surface area contributed by atoms with Gasteiger partial charge >= 0.3 is 0 Å². The molecule has 1 heterocycles. The Bertz CT molecular complexity index is 960. The van der Waals surface area contributed by atoms with E-state index in [4.69, 9.17) is 28.9 Å². The molecule has 0 spiro atoms. The third-order valence-corrected chi connectivity index (χ3v) is 5.04. The van der Waals surface area contributed by atoms with Crippen molar-refractivity contribution in [3.05, 3.63) is 63.6 Å². The van der Waals surface area contributed by atoms with E-state index in [2.05, 4.69) is 10.3 Å². The van der Waals surface area contributed by atoms with Gasteiger partial charge in [0.25, 0.3) is 5.91 Å². The minimum Gasteiger partial charge on any atom is -0.369 e. The lowest BCUT2D eigenvalue weighted by Gasteiger charge is -2.33. The molecule has 1 unspecified atom stereocenters. The van der Waals surface area contributed by atoms with E-state index in [0.717, 1.165) is 5.56 Å². The summed E-state index contributed by atoms with van der Waals surface area (Å²) in [6.45, 7) is 1.84. The summed E-state index contributed by atoms with van der Waals surface area (Å²) in [6.07, 6.45) is 0.185. The van der Waals surface area contributed by atoms with E-state index in [-0.39, 0.29) is 29.2 Å². The Morgan fingerprint density at radius 3 is 2.67 bits per heavy atom. The number of halogens is 2. The predicted octanol–water partition coefficient (Wildman–Crippen LogP) is 3.64. The number of aliphatic imine (C=N–C) groups is 1. The second kappa shape index (κ2) is 7.21. The summed E-state index contributed by atoms with van der Waals surface area (Å²) in [5, 5.41) is 3.52. The van der Waals surface area contributed by atoms with E-state index in [1.54, 1.807) is 37.4 Å². The Labute approximate surface area is 167 Å². The summed E-state index contributed by atoms with van der Waals surface area (Å²) in [5.74, 6) is -0.315. The Morgan fingerprint density at radius 1 is 1.26 bits per heavy atom. The minimum absolute atomic E-state index is 0.118. The van der Waals surface area contributed by atoms with Crippen LogP contribution in [-0.4, -0.2) is 29.7 Å². The van der Waals surface area contributed by atoms with Crippen LogP contribution in [0.5, 0.6) is 0 Å². The fourth-order valence-electron chi connectivity index (χ4n) is 2.88. The quantitative estimate of drug-likeness (QED) is 0.818. The topological polar surface area (TPSA) is 87.8 Å². The Morgan fingerprint density at radius 2 is 2.00 bits per heavy atom. The SMILES string of the molecule is CN1C(=O)CC(C)(c2cccc(NC(=O)c3ccc(Cl)cc3Cl)c2)N=C1N. The third-order valence-electron chi connectivity index (χ3n) is 4.49. The van der Waals surface area contributed by atoms with Gasteiger partial charge < -0.3 is 11.1 Å². The van der Waals surface area contributed by atoms with Crippen LogP contribution < -0.4 is 11.1 Å². The highest BCUT2D eigenvalue weighted by Gasteiger charge is 2.36. The van der Waals surface area contributed by atoms with Crippen LogP contribution in [0.1, 0.15) is 29.3 Å². The first kappa shape index (κ1) is 19.2. The number of hydrogen-bond acceptors (Lipinski definition) is 4. The lowest BCUT2D eigenvalue weighted by molar-refractivity contribution is -0.128. The van der Waals surface area contributed by atoms with Crippen LogP contribution in [0, 0.1) is 0 Å². The number of anilines is 1. The van der Waals surface area contributed by atoms with E-state index in [1.807, 2.05) is 13.0 Å². The molecule has 8 heteroatoms. The van der Waals surface area contributed by atoms with Gasteiger partial charge in [-0.1, -0.05) is 35.3 Å². The maximum absolute atomic E-state index is 12.5. The van der Waals surface area contributed by atoms with Crippen LogP contribution in [0.2, 0.25) is 10.0 Å². The van der Waals surface area contributed by atoms with Crippen molar-refractivity contribution < 1.29 is 9.59 Å². The molecule has 2 amide bonds. The normalized spacial score (nSPS) is 19.6. The maximum Gasteiger partial charge on any atom is 0.257 e. The summed E-state index contributed by atoms with van der Waals surface area (Å²) < 4.78 is 0. The first-order chi connectivity index (χ1) is 12.7. The van der Waals surface area contributed by atoms with Gasteiger partial charge in [-0.25, -0.2) is 4.99 Å². The molecule has 0 fully saturated rings. The molecule has 1 aliphatic heterocycles. The van der Waals surface area contributed by atoms with E-state index < -0.39 is 5.54 Å². The van der Waals surface area contributed by atoms with E-state index in [0.29, 0.717) is 16.3 Å². The molecule has 1 aliphatic rings. The van der Waals surface area contributed by atoms with Gasteiger partial charge in [0.1, 0.15) is 0 Å². The third kappa shape index (κ3) is 3.91. The van der Waals surface area contributed by atoms with Crippen molar-refractivity contribution in [2.75, 3.05) is 12.4 Å². The lowest BCUT2D eigenvalue weighted by atomic mass is 9.87. The molecule has 3 rings (SSSR count). The Hall–Kier alpha value is -2.57. The summed E-state index contributed by atoms with van der Waals surface area (Å²) in [5.41, 5.74) is 6.71. The number of hydrogen-bond donors (Lipinski definition) is 2. The van der Waals surface area contributed by atoms with Crippen LogP contribution in [0.15, 0.2) is 47.5 Å². The van der Waals surface area contributed by atoms with E-state index >= 15 is 0 Å². The van der Waals surface area contributed by atoms with Crippen LogP contribution in [-0.2, 0) is 10.3 Å². The molecule has 6 nitrogen and oxygen atoms in total. The second-order valence-electron chi connectivity index (χ2n) is 6.53. The minimum atomic E-state index is -0.799. The summed E-state index contributed by atoms with van der Waals surface area (Å²) in [7, 11) is 1.59. The number of guanidine groups is 1. The lowest BCUT2D eigenvalue weighted by Crippen LogP contribution is -2.47. The smallest absolute Gasteiger partial charge is 0.257 e. The standard InChI is InChI=1S/C19H18Cl2N4O2/c1-19(10-16(26)25(2)18(22)24-19)11-4-3-5-13(8-11)23-17(27)14-7-6-12(20)9-15(14)21/h3-9H,10H2,1-2H3,(H2,22,24)(H,23,27). The molecule has 2 aromatic rings. The van der Waals surface area contributed by atoms with Crippen molar-refractivity contribution in [1.29, 1.82) is 0 Å². The van der Waals surface area contributed by atoms with Crippen LogP contribution in [0.3, 0.4) is 0 Å². The van der Waals surface area contributed by atoms with Gasteiger partial charge in [0.15, 0.2) is 5.96 Å². The molecule has 1 atom stereocenters. The average Bonchev–Trinajstić information content (AvgIpc) is 2.59. The number of nitrogens with one attached hydrogen (secondary N) is 1. The van der Waals surface area contributed by atoms with Crippen molar-refractivity contribution >= 4 is 46.7 Å². The molecular weight excluding hydrogens is 387 g/mol. The molecular formula is C19H18Cl2N4O2. The average molecular weight is 405 g/mol. The Balaban J connectivity index is 1.88. The van der Waals surface area contributed by atoms with Crippen LogP contribution in [0.4, 0.5) is 5.69 Å². The van der Waals surface area contributed by atoms with Gasteiger partial charge in [-0.15, -0.1) is 0 Å². The number of amides is 2. The summed E-state index contributed by atoms with van der Waals surface area (Å²) in [4.78, 5) is 30.5. The molecule has 0 aliphatic carbocycles. The molecule has 0 radical (unpaired) electrons. The first-order valence-electron chi connectivity index (χ1n) is 8.18. The molecule has 0 saturated heterocycles. The van der Waals surface area contributed by atoms with Gasteiger partial charge in [-0.3, -0.25) is 14.5 Å². The van der Waals surface area contributed by atoms with Gasteiger partial charge in [0.2, 0.25) is 5.91 Å². The molecule has 0 saturated carbocycles. The highest BCUT2D eigenvalue weighted by molar-refractivity contribution is 6.37. The van der Waals surface area contributed by atoms with E-state index in [9.17, 15) is 9.59 Å². The van der Waals surface area contributed by atoms with Crippen molar-refractivity contribution in [3.63, 3.8) is 0 Å². The van der Waals surface area contributed by atoms with Crippen LogP contribution >= 0.6 is 23.2 Å². The van der Waals surface area contributed by atoms with Gasteiger partial charge in [0.05, 0.1) is 22.5 Å². The fraction of sp³-hybridized carbons (Fsp3) is 0.211.